The molecule has 6 fully saturated rings. The van der Waals surface area contributed by atoms with Crippen molar-refractivity contribution in [2.75, 3.05) is 33.4 Å². The van der Waals surface area contributed by atoms with E-state index in [0.717, 1.165) is 45.1 Å². The smallest absolute Gasteiger partial charge is 0.163 e. The van der Waals surface area contributed by atoms with Gasteiger partial charge in [-0.1, -0.05) is 39.0 Å². The van der Waals surface area contributed by atoms with Crippen LogP contribution in [0.15, 0.2) is 4.99 Å². The summed E-state index contributed by atoms with van der Waals surface area (Å²) in [5.41, 5.74) is -0.365. The lowest BCUT2D eigenvalue weighted by molar-refractivity contribution is -0.216. The van der Waals surface area contributed by atoms with Crippen molar-refractivity contribution in [3.63, 3.8) is 0 Å². The highest BCUT2D eigenvalue weighted by molar-refractivity contribution is 5.72. The molecular formula is C30H48FN3O2. The molecule has 0 aromatic carbocycles. The van der Waals surface area contributed by atoms with Crippen LogP contribution in [0.3, 0.4) is 0 Å². The summed E-state index contributed by atoms with van der Waals surface area (Å²) in [6, 6.07) is 1.18. The lowest BCUT2D eigenvalue weighted by Crippen LogP contribution is -2.66. The van der Waals surface area contributed by atoms with E-state index in [-0.39, 0.29) is 23.5 Å². The molecule has 10 unspecified atom stereocenters. The Hall–Kier alpha value is -0.560. The largest absolute Gasteiger partial charge is 0.379 e. The van der Waals surface area contributed by atoms with Crippen molar-refractivity contribution in [1.29, 1.82) is 0 Å². The van der Waals surface area contributed by atoms with Crippen LogP contribution in [0.25, 0.3) is 0 Å². The van der Waals surface area contributed by atoms with Gasteiger partial charge in [0.1, 0.15) is 6.17 Å². The van der Waals surface area contributed by atoms with Crippen LogP contribution in [-0.2, 0) is 9.47 Å². The van der Waals surface area contributed by atoms with Crippen LogP contribution in [0.5, 0.6) is 0 Å². The first kappa shape index (κ1) is 24.5. The Balaban J connectivity index is 1.26. The molecule has 0 radical (unpaired) electrons. The van der Waals surface area contributed by atoms with Crippen LogP contribution in [0, 0.1) is 29.1 Å². The lowest BCUT2D eigenvalue weighted by atomic mass is 9.57. The van der Waals surface area contributed by atoms with Gasteiger partial charge in [0.15, 0.2) is 5.72 Å². The van der Waals surface area contributed by atoms with Crippen LogP contribution in [0.2, 0.25) is 0 Å². The number of halogens is 1. The topological polar surface area (TPSA) is 37.3 Å². The van der Waals surface area contributed by atoms with Gasteiger partial charge in [-0.25, -0.2) is 4.39 Å². The van der Waals surface area contributed by atoms with Gasteiger partial charge in [0.05, 0.1) is 25.4 Å². The first-order chi connectivity index (χ1) is 17.5. The third-order valence-electron chi connectivity index (χ3n) is 12.3. The summed E-state index contributed by atoms with van der Waals surface area (Å²) < 4.78 is 28.4. The second kappa shape index (κ2) is 9.27. The van der Waals surface area contributed by atoms with E-state index in [9.17, 15) is 0 Å². The van der Waals surface area contributed by atoms with Gasteiger partial charge in [-0.2, -0.15) is 0 Å². The van der Waals surface area contributed by atoms with Gasteiger partial charge in [0.25, 0.3) is 0 Å². The van der Waals surface area contributed by atoms with E-state index in [1.54, 1.807) is 0 Å². The van der Waals surface area contributed by atoms with E-state index in [2.05, 4.69) is 30.0 Å². The van der Waals surface area contributed by atoms with Gasteiger partial charge < -0.3 is 9.47 Å². The number of rotatable bonds is 1. The second-order valence-electron chi connectivity index (χ2n) is 13.7. The predicted octanol–water partition coefficient (Wildman–Crippen LogP) is 5.08. The summed E-state index contributed by atoms with van der Waals surface area (Å²) in [4.78, 5) is 10.8. The molecule has 0 bridgehead atoms. The quantitative estimate of drug-likeness (QED) is 0.502. The number of nitrogens with zero attached hydrogens (tertiary/aromatic N) is 3. The van der Waals surface area contributed by atoms with E-state index >= 15 is 4.39 Å². The number of alkyl halides is 1. The molecule has 4 saturated carbocycles. The van der Waals surface area contributed by atoms with Gasteiger partial charge in [0, 0.05) is 36.8 Å². The third-order valence-corrected chi connectivity index (χ3v) is 12.3. The van der Waals surface area contributed by atoms with Crippen LogP contribution in [-0.4, -0.2) is 85.5 Å². The Morgan fingerprint density at radius 2 is 1.67 bits per heavy atom. The summed E-state index contributed by atoms with van der Waals surface area (Å²) in [5.74, 6) is 2.07. The molecule has 3 heterocycles. The van der Waals surface area contributed by atoms with Crippen molar-refractivity contribution in [1.82, 2.24) is 9.80 Å². The van der Waals surface area contributed by atoms with Crippen molar-refractivity contribution in [2.24, 2.45) is 34.1 Å². The molecule has 0 amide bonds. The van der Waals surface area contributed by atoms with Crippen LogP contribution in [0.4, 0.5) is 4.39 Å². The maximum atomic E-state index is 15.1. The minimum Gasteiger partial charge on any atom is -0.379 e. The SMILES string of the molecule is CC1CC2C(CC1F)N(C)C1(C=NC3C(CC(N4CCOCC4)C4CCCCC43)O1)C21CCCCC1. The molecule has 4 aliphatic carbocycles. The molecule has 3 aliphatic heterocycles. The summed E-state index contributed by atoms with van der Waals surface area (Å²) in [5, 5.41) is 0. The first-order valence-corrected chi connectivity index (χ1v) is 15.4. The molecule has 36 heavy (non-hydrogen) atoms. The zero-order chi connectivity index (χ0) is 24.5. The Morgan fingerprint density at radius 1 is 0.917 bits per heavy atom. The van der Waals surface area contributed by atoms with E-state index in [0.29, 0.717) is 30.3 Å². The van der Waals surface area contributed by atoms with Crippen molar-refractivity contribution in [2.45, 2.75) is 120 Å². The average molecular weight is 502 g/mol. The van der Waals surface area contributed by atoms with Crippen molar-refractivity contribution in [3.8, 4) is 0 Å². The normalized spacial score (nSPS) is 51.1. The standard InChI is InChI=1S/C30H48FN3O2/c1-20-16-23-26(17-24(20)31)33(2)30(29(23)10-6-3-7-11-29)19-32-28-22-9-5-4-8-21(22)25(18-27(28)36-30)34-12-14-35-15-13-34/h19-28H,3-18H2,1-2H3. The van der Waals surface area contributed by atoms with Crippen LogP contribution < -0.4 is 0 Å². The minimum absolute atomic E-state index is 0.0887. The summed E-state index contributed by atoms with van der Waals surface area (Å²) >= 11 is 0. The molecule has 2 spiro atoms. The molecule has 0 N–H and O–H groups in total. The predicted molar refractivity (Wildman–Crippen MR) is 140 cm³/mol. The molecule has 7 aliphatic rings. The highest BCUT2D eigenvalue weighted by Crippen LogP contribution is 2.64. The molecule has 0 aromatic rings. The molecule has 202 valence electrons. The molecule has 7 rings (SSSR count). The number of aliphatic imine (C=N–C) groups is 1. The Bertz CT molecular complexity index is 842. The third kappa shape index (κ3) is 3.49. The van der Waals surface area contributed by atoms with E-state index in [4.69, 9.17) is 14.5 Å². The van der Waals surface area contributed by atoms with Gasteiger partial charge >= 0.3 is 0 Å². The number of hydrogen-bond donors (Lipinski definition) is 0. The highest BCUT2D eigenvalue weighted by Gasteiger charge is 2.70. The van der Waals surface area contributed by atoms with Crippen LogP contribution >= 0.6 is 0 Å². The van der Waals surface area contributed by atoms with Crippen LogP contribution in [0.1, 0.15) is 84.0 Å². The molecule has 10 atom stereocenters. The number of morpholine rings is 1. The van der Waals surface area contributed by atoms with Gasteiger partial charge in [-0.3, -0.25) is 14.8 Å². The maximum absolute atomic E-state index is 15.1. The molecular weight excluding hydrogens is 453 g/mol. The second-order valence-corrected chi connectivity index (χ2v) is 13.7. The molecule has 6 heteroatoms. The number of likely N-dealkylation sites (tertiary alicyclic amines) is 1. The van der Waals surface area contributed by atoms with Crippen molar-refractivity contribution >= 4 is 6.21 Å². The fourth-order valence-corrected chi connectivity index (χ4v) is 10.6. The van der Waals surface area contributed by atoms with Gasteiger partial charge in [-0.05, 0) is 75.7 Å². The number of hydrogen-bond acceptors (Lipinski definition) is 5. The molecule has 0 aromatic heterocycles. The Morgan fingerprint density at radius 3 is 2.44 bits per heavy atom. The number of ether oxygens (including phenoxy) is 2. The Kier molecular flexibility index (Phi) is 6.31. The summed E-state index contributed by atoms with van der Waals surface area (Å²) in [6.07, 6.45) is 16.2. The minimum atomic E-state index is -0.693. The van der Waals surface area contributed by atoms with Gasteiger partial charge in [-0.15, -0.1) is 0 Å². The molecule has 2 saturated heterocycles. The fraction of sp³-hybridized carbons (Fsp3) is 0.967. The molecule has 5 nitrogen and oxygen atoms in total. The van der Waals surface area contributed by atoms with E-state index in [1.165, 1.54) is 57.8 Å². The monoisotopic (exact) mass is 501 g/mol. The maximum Gasteiger partial charge on any atom is 0.163 e. The summed E-state index contributed by atoms with van der Waals surface area (Å²) in [6.45, 7) is 5.99. The number of fused-ring (bicyclic) bond motifs is 6. The van der Waals surface area contributed by atoms with Gasteiger partial charge in [0.2, 0.25) is 0 Å². The van der Waals surface area contributed by atoms with E-state index in [1.807, 2.05) is 0 Å². The Labute approximate surface area is 217 Å². The average Bonchev–Trinajstić information content (AvgIpc) is 3.08. The zero-order valence-electron chi connectivity index (χ0n) is 22.6. The fourth-order valence-electron chi connectivity index (χ4n) is 10.6. The zero-order valence-corrected chi connectivity index (χ0v) is 22.6. The first-order valence-electron chi connectivity index (χ1n) is 15.4. The van der Waals surface area contributed by atoms with Crippen molar-refractivity contribution < 1.29 is 13.9 Å². The van der Waals surface area contributed by atoms with E-state index < -0.39 is 11.9 Å². The lowest BCUT2D eigenvalue weighted by Gasteiger charge is -2.58. The van der Waals surface area contributed by atoms with Crippen molar-refractivity contribution in [3.05, 3.63) is 0 Å². The summed E-state index contributed by atoms with van der Waals surface area (Å²) in [7, 11) is 2.25. The highest BCUT2D eigenvalue weighted by atomic mass is 19.1.